The molecular weight excluding hydrogens is 191 g/mol. The molecule has 0 aliphatic heterocycles. The lowest BCUT2D eigenvalue weighted by molar-refractivity contribution is 0.601. The van der Waals surface area contributed by atoms with Crippen molar-refractivity contribution < 1.29 is 4.39 Å². The van der Waals surface area contributed by atoms with Gasteiger partial charge in [0.05, 0.1) is 6.17 Å². The second kappa shape index (κ2) is 3.96. The predicted molar refractivity (Wildman–Crippen MR) is 59.8 cm³/mol. The van der Waals surface area contributed by atoms with Crippen LogP contribution < -0.4 is 11.5 Å². The van der Waals surface area contributed by atoms with Gasteiger partial charge in [0.2, 0.25) is 0 Å². The molecule has 0 unspecified atom stereocenters. The van der Waals surface area contributed by atoms with Crippen LogP contribution in [0.15, 0.2) is 36.4 Å². The average Bonchev–Trinajstić information content (AvgIpc) is 2.22. The van der Waals surface area contributed by atoms with Crippen LogP contribution in [0.4, 0.5) is 4.39 Å². The third-order valence-corrected chi connectivity index (χ3v) is 2.40. The van der Waals surface area contributed by atoms with E-state index in [0.717, 1.165) is 5.39 Å². The molecule has 3 heteroatoms. The van der Waals surface area contributed by atoms with Crippen LogP contribution in [0.1, 0.15) is 5.56 Å². The lowest BCUT2D eigenvalue weighted by Gasteiger charge is -2.08. The van der Waals surface area contributed by atoms with Crippen LogP contribution in [-0.4, -0.2) is 6.17 Å². The molecule has 78 valence electrons. The first-order valence-electron chi connectivity index (χ1n) is 4.86. The molecule has 0 spiro atoms. The minimum absolute atomic E-state index is 0.214. The Hall–Kier alpha value is -1.45. The Balaban J connectivity index is 2.55. The van der Waals surface area contributed by atoms with E-state index in [1.165, 1.54) is 0 Å². The normalized spacial score (nSPS) is 11.2. The number of benzene rings is 2. The van der Waals surface area contributed by atoms with E-state index in [1.54, 1.807) is 12.1 Å². The van der Waals surface area contributed by atoms with Crippen LogP contribution in [0.3, 0.4) is 0 Å². The Labute approximate surface area is 87.7 Å². The molecule has 2 nitrogen and oxygen atoms in total. The molecule has 4 N–H and O–H groups in total. The van der Waals surface area contributed by atoms with Gasteiger partial charge in [0, 0.05) is 11.8 Å². The average molecular weight is 204 g/mol. The molecule has 0 aliphatic carbocycles. The Kier molecular flexibility index (Phi) is 2.66. The lowest BCUT2D eigenvalue weighted by Crippen LogP contribution is -2.32. The van der Waals surface area contributed by atoms with Crippen molar-refractivity contribution in [1.29, 1.82) is 0 Å². The maximum absolute atomic E-state index is 13.9. The highest BCUT2D eigenvalue weighted by atomic mass is 19.1. The van der Waals surface area contributed by atoms with Gasteiger partial charge in [-0.25, -0.2) is 4.39 Å². The molecule has 0 heterocycles. The smallest absolute Gasteiger partial charge is 0.134 e. The summed E-state index contributed by atoms with van der Waals surface area (Å²) in [6.45, 7) is 0. The summed E-state index contributed by atoms with van der Waals surface area (Å²) in [6, 6.07) is 11.0. The quantitative estimate of drug-likeness (QED) is 0.732. The molecule has 0 saturated carbocycles. The van der Waals surface area contributed by atoms with E-state index in [0.29, 0.717) is 17.4 Å². The van der Waals surface area contributed by atoms with Crippen molar-refractivity contribution in [2.75, 3.05) is 0 Å². The van der Waals surface area contributed by atoms with E-state index < -0.39 is 6.17 Å². The number of halogens is 1. The van der Waals surface area contributed by atoms with Crippen LogP contribution >= 0.6 is 0 Å². The molecule has 0 saturated heterocycles. The van der Waals surface area contributed by atoms with E-state index in [1.807, 2.05) is 24.3 Å². The van der Waals surface area contributed by atoms with Gasteiger partial charge in [-0.1, -0.05) is 36.4 Å². The number of rotatable bonds is 2. The Morgan fingerprint density at radius 1 is 1.07 bits per heavy atom. The minimum Gasteiger partial charge on any atom is -0.316 e. The SMILES string of the molecule is NC(N)Cc1ccc2ccccc2c1F. The summed E-state index contributed by atoms with van der Waals surface area (Å²) in [5, 5.41) is 1.51. The van der Waals surface area contributed by atoms with Crippen molar-refractivity contribution in [3.63, 3.8) is 0 Å². The van der Waals surface area contributed by atoms with Crippen molar-refractivity contribution >= 4 is 10.8 Å². The van der Waals surface area contributed by atoms with Crippen LogP contribution in [0, 0.1) is 5.82 Å². The fourth-order valence-corrected chi connectivity index (χ4v) is 1.69. The molecule has 2 aromatic carbocycles. The zero-order chi connectivity index (χ0) is 10.8. The summed E-state index contributed by atoms with van der Waals surface area (Å²) in [7, 11) is 0. The highest BCUT2D eigenvalue weighted by Crippen LogP contribution is 2.21. The van der Waals surface area contributed by atoms with Crippen molar-refractivity contribution in [2.45, 2.75) is 12.6 Å². The molecule has 0 bridgehead atoms. The summed E-state index contributed by atoms with van der Waals surface area (Å²) in [5.41, 5.74) is 11.5. The van der Waals surface area contributed by atoms with Crippen LogP contribution in [0.2, 0.25) is 0 Å². The van der Waals surface area contributed by atoms with Gasteiger partial charge < -0.3 is 11.5 Å². The number of hydrogen-bond donors (Lipinski definition) is 2. The van der Waals surface area contributed by atoms with Crippen molar-refractivity contribution in [3.05, 3.63) is 47.8 Å². The highest BCUT2D eigenvalue weighted by molar-refractivity contribution is 5.83. The molecule has 15 heavy (non-hydrogen) atoms. The molecule has 0 fully saturated rings. The van der Waals surface area contributed by atoms with Gasteiger partial charge in [0.15, 0.2) is 0 Å². The molecule has 0 radical (unpaired) electrons. The second-order valence-electron chi connectivity index (χ2n) is 3.63. The minimum atomic E-state index is -0.513. The maximum atomic E-state index is 13.9. The first-order chi connectivity index (χ1) is 7.18. The Morgan fingerprint density at radius 2 is 1.80 bits per heavy atom. The zero-order valence-corrected chi connectivity index (χ0v) is 8.28. The van der Waals surface area contributed by atoms with Gasteiger partial charge in [-0.2, -0.15) is 0 Å². The molecule has 2 aromatic rings. The van der Waals surface area contributed by atoms with Crippen LogP contribution in [-0.2, 0) is 6.42 Å². The standard InChI is InChI=1S/C12H13FN2/c13-12-9(7-11(14)15)6-5-8-3-1-2-4-10(8)12/h1-6,11H,7,14-15H2. The van der Waals surface area contributed by atoms with E-state index in [2.05, 4.69) is 0 Å². The maximum Gasteiger partial charge on any atom is 0.134 e. The number of nitrogens with two attached hydrogens (primary N) is 2. The van der Waals surface area contributed by atoms with E-state index in [-0.39, 0.29) is 5.82 Å². The van der Waals surface area contributed by atoms with Gasteiger partial charge in [-0.05, 0) is 10.9 Å². The largest absolute Gasteiger partial charge is 0.316 e. The van der Waals surface area contributed by atoms with E-state index in [9.17, 15) is 4.39 Å². The summed E-state index contributed by atoms with van der Waals surface area (Å²) in [6.07, 6.45) is -0.155. The third-order valence-electron chi connectivity index (χ3n) is 2.40. The topological polar surface area (TPSA) is 52.0 Å². The van der Waals surface area contributed by atoms with Crippen LogP contribution in [0.5, 0.6) is 0 Å². The summed E-state index contributed by atoms with van der Waals surface area (Å²) >= 11 is 0. The first-order valence-corrected chi connectivity index (χ1v) is 4.86. The molecular formula is C12H13FN2. The fourth-order valence-electron chi connectivity index (χ4n) is 1.69. The first kappa shape index (κ1) is 10.1. The summed E-state index contributed by atoms with van der Waals surface area (Å²) in [5.74, 6) is -0.214. The lowest BCUT2D eigenvalue weighted by atomic mass is 10.0. The van der Waals surface area contributed by atoms with Crippen molar-refractivity contribution in [3.8, 4) is 0 Å². The fraction of sp³-hybridized carbons (Fsp3) is 0.167. The van der Waals surface area contributed by atoms with Crippen molar-refractivity contribution in [1.82, 2.24) is 0 Å². The molecule has 0 aromatic heterocycles. The predicted octanol–water partition coefficient (Wildman–Crippen LogP) is 1.76. The van der Waals surface area contributed by atoms with Gasteiger partial charge in [0.1, 0.15) is 5.82 Å². The van der Waals surface area contributed by atoms with E-state index >= 15 is 0 Å². The zero-order valence-electron chi connectivity index (χ0n) is 8.28. The number of hydrogen-bond acceptors (Lipinski definition) is 2. The van der Waals surface area contributed by atoms with Gasteiger partial charge in [-0.3, -0.25) is 0 Å². The van der Waals surface area contributed by atoms with Crippen molar-refractivity contribution in [2.24, 2.45) is 11.5 Å². The Morgan fingerprint density at radius 3 is 2.53 bits per heavy atom. The molecule has 0 amide bonds. The molecule has 0 atom stereocenters. The molecule has 2 rings (SSSR count). The monoisotopic (exact) mass is 204 g/mol. The van der Waals surface area contributed by atoms with Gasteiger partial charge >= 0.3 is 0 Å². The second-order valence-corrected chi connectivity index (χ2v) is 3.63. The van der Waals surface area contributed by atoms with Crippen LogP contribution in [0.25, 0.3) is 10.8 Å². The highest BCUT2D eigenvalue weighted by Gasteiger charge is 2.08. The molecule has 0 aliphatic rings. The van der Waals surface area contributed by atoms with Gasteiger partial charge in [0.25, 0.3) is 0 Å². The Bertz CT molecular complexity index is 480. The number of fused-ring (bicyclic) bond motifs is 1. The van der Waals surface area contributed by atoms with E-state index in [4.69, 9.17) is 11.5 Å². The van der Waals surface area contributed by atoms with Gasteiger partial charge in [-0.15, -0.1) is 0 Å². The summed E-state index contributed by atoms with van der Waals surface area (Å²) in [4.78, 5) is 0. The summed E-state index contributed by atoms with van der Waals surface area (Å²) < 4.78 is 13.9. The third kappa shape index (κ3) is 1.98.